The average Bonchev–Trinajstić information content (AvgIpc) is 2.81. The summed E-state index contributed by atoms with van der Waals surface area (Å²) in [6.07, 6.45) is 1.63. The minimum Gasteiger partial charge on any atom is -0.382 e. The molecule has 1 heterocycles. The van der Waals surface area contributed by atoms with Gasteiger partial charge in [-0.3, -0.25) is 5.10 Å². The Kier molecular flexibility index (Phi) is 7.87. The Morgan fingerprint density at radius 1 is 1.29 bits per heavy atom. The molecule has 0 unspecified atom stereocenters. The highest BCUT2D eigenvalue weighted by molar-refractivity contribution is 7.89. The van der Waals surface area contributed by atoms with Crippen LogP contribution in [0.5, 0.6) is 0 Å². The smallest absolute Gasteiger partial charge is 0.244 e. The lowest BCUT2D eigenvalue weighted by atomic mass is 10.3. The molecule has 1 aromatic heterocycles. The average molecular weight is 318 g/mol. The first-order valence-corrected chi connectivity index (χ1v) is 8.83. The van der Waals surface area contributed by atoms with Gasteiger partial charge in [0.25, 0.3) is 0 Å². The van der Waals surface area contributed by atoms with E-state index in [2.05, 4.69) is 27.2 Å². The summed E-state index contributed by atoms with van der Waals surface area (Å²) in [5, 5.41) is 9.99. The van der Waals surface area contributed by atoms with Crippen LogP contribution in [0.4, 0.5) is 0 Å². The topological polar surface area (TPSA) is 96.1 Å². The predicted molar refractivity (Wildman–Crippen MR) is 81.6 cm³/mol. The molecule has 0 fully saturated rings. The van der Waals surface area contributed by atoms with Crippen molar-refractivity contribution in [2.24, 2.45) is 0 Å². The van der Waals surface area contributed by atoms with Crippen molar-refractivity contribution >= 4 is 10.0 Å². The molecule has 0 aromatic carbocycles. The Bertz CT molecular complexity index is 513. The largest absolute Gasteiger partial charge is 0.382 e. The number of aromatic amines is 1. The zero-order valence-electron chi connectivity index (χ0n) is 13.0. The third-order valence-corrected chi connectivity index (χ3v) is 4.57. The van der Waals surface area contributed by atoms with Gasteiger partial charge in [-0.2, -0.15) is 5.10 Å². The number of nitrogens with one attached hydrogen (secondary N) is 3. The van der Waals surface area contributed by atoms with E-state index in [1.165, 1.54) is 0 Å². The Morgan fingerprint density at radius 3 is 2.71 bits per heavy atom. The van der Waals surface area contributed by atoms with E-state index in [9.17, 15) is 8.42 Å². The number of ether oxygens (including phenoxy) is 1. The molecule has 0 bridgehead atoms. The van der Waals surface area contributed by atoms with Crippen LogP contribution in [0.3, 0.4) is 0 Å². The normalized spacial score (nSPS) is 12.0. The minimum atomic E-state index is -3.54. The van der Waals surface area contributed by atoms with Gasteiger partial charge in [-0.1, -0.05) is 6.92 Å². The third kappa shape index (κ3) is 5.74. The van der Waals surface area contributed by atoms with E-state index in [-0.39, 0.29) is 4.90 Å². The summed E-state index contributed by atoms with van der Waals surface area (Å²) in [6, 6.07) is 0. The SMILES string of the molecule is CCCNCc1n[nH]c(C)c1S(=O)(=O)NCCCOCC. The summed E-state index contributed by atoms with van der Waals surface area (Å²) in [7, 11) is -3.54. The van der Waals surface area contributed by atoms with E-state index < -0.39 is 10.0 Å². The monoisotopic (exact) mass is 318 g/mol. The Balaban J connectivity index is 2.66. The number of aromatic nitrogens is 2. The van der Waals surface area contributed by atoms with E-state index in [4.69, 9.17) is 4.74 Å². The summed E-state index contributed by atoms with van der Waals surface area (Å²) in [5.41, 5.74) is 1.08. The summed E-state index contributed by atoms with van der Waals surface area (Å²) >= 11 is 0. The van der Waals surface area contributed by atoms with Gasteiger partial charge < -0.3 is 10.1 Å². The summed E-state index contributed by atoms with van der Waals surface area (Å²) in [4.78, 5) is 0.252. The van der Waals surface area contributed by atoms with Gasteiger partial charge >= 0.3 is 0 Å². The third-order valence-electron chi connectivity index (χ3n) is 2.91. The van der Waals surface area contributed by atoms with Crippen LogP contribution in [0.15, 0.2) is 4.90 Å². The van der Waals surface area contributed by atoms with Crippen LogP contribution in [0.1, 0.15) is 38.1 Å². The van der Waals surface area contributed by atoms with Crippen LogP contribution in [0.25, 0.3) is 0 Å². The molecule has 0 aliphatic rings. The molecule has 0 radical (unpaired) electrons. The van der Waals surface area contributed by atoms with Gasteiger partial charge in [-0.15, -0.1) is 0 Å². The molecular formula is C13H26N4O3S. The number of rotatable bonds is 11. The fraction of sp³-hybridized carbons (Fsp3) is 0.769. The first kappa shape index (κ1) is 18.1. The fourth-order valence-corrected chi connectivity index (χ4v) is 3.36. The molecule has 1 rings (SSSR count). The molecule has 3 N–H and O–H groups in total. The number of hydrogen-bond acceptors (Lipinski definition) is 5. The van der Waals surface area contributed by atoms with Crippen LogP contribution in [0, 0.1) is 6.92 Å². The first-order valence-electron chi connectivity index (χ1n) is 7.34. The number of hydrogen-bond donors (Lipinski definition) is 3. The number of H-pyrrole nitrogens is 1. The van der Waals surface area contributed by atoms with Crippen molar-refractivity contribution in [1.29, 1.82) is 0 Å². The zero-order valence-corrected chi connectivity index (χ0v) is 13.8. The van der Waals surface area contributed by atoms with Gasteiger partial charge in [-0.25, -0.2) is 13.1 Å². The second-order valence-electron chi connectivity index (χ2n) is 4.75. The van der Waals surface area contributed by atoms with Crippen LogP contribution in [-0.2, 0) is 21.3 Å². The van der Waals surface area contributed by atoms with Gasteiger partial charge in [-0.05, 0) is 33.2 Å². The van der Waals surface area contributed by atoms with E-state index >= 15 is 0 Å². The van der Waals surface area contributed by atoms with Crippen molar-refractivity contribution in [2.45, 2.75) is 45.1 Å². The minimum absolute atomic E-state index is 0.252. The lowest BCUT2D eigenvalue weighted by Crippen LogP contribution is -2.27. The summed E-state index contributed by atoms with van der Waals surface area (Å²) < 4.78 is 32.5. The van der Waals surface area contributed by atoms with E-state index in [1.54, 1.807) is 6.92 Å². The highest BCUT2D eigenvalue weighted by Gasteiger charge is 2.23. The second kappa shape index (κ2) is 9.14. The molecule has 0 aliphatic heterocycles. The highest BCUT2D eigenvalue weighted by atomic mass is 32.2. The molecule has 1 aromatic rings. The van der Waals surface area contributed by atoms with Crippen LogP contribution in [0.2, 0.25) is 0 Å². The molecule has 21 heavy (non-hydrogen) atoms. The lowest BCUT2D eigenvalue weighted by molar-refractivity contribution is 0.146. The molecule has 7 nitrogen and oxygen atoms in total. The quantitative estimate of drug-likeness (QED) is 0.527. The van der Waals surface area contributed by atoms with Crippen molar-refractivity contribution in [2.75, 3.05) is 26.3 Å². The van der Waals surface area contributed by atoms with Crippen LogP contribution in [-0.4, -0.2) is 44.9 Å². The standard InChI is InChI=1S/C13H26N4O3S/c1-4-7-14-10-12-13(11(3)16-17-12)21(18,19)15-8-6-9-20-5-2/h14-15H,4-10H2,1-3H3,(H,16,17). The lowest BCUT2D eigenvalue weighted by Gasteiger charge is -2.08. The molecule has 0 saturated heterocycles. The Morgan fingerprint density at radius 2 is 2.05 bits per heavy atom. The molecule has 0 saturated carbocycles. The van der Waals surface area contributed by atoms with Crippen LogP contribution < -0.4 is 10.0 Å². The van der Waals surface area contributed by atoms with Gasteiger partial charge in [0.2, 0.25) is 10.0 Å². The number of nitrogens with zero attached hydrogens (tertiary/aromatic N) is 1. The van der Waals surface area contributed by atoms with E-state index in [0.29, 0.717) is 44.1 Å². The maximum atomic E-state index is 12.4. The van der Waals surface area contributed by atoms with Crippen molar-refractivity contribution in [3.8, 4) is 0 Å². The number of sulfonamides is 1. The van der Waals surface area contributed by atoms with E-state index in [1.807, 2.05) is 6.92 Å². The molecular weight excluding hydrogens is 292 g/mol. The van der Waals surface area contributed by atoms with Gasteiger partial charge in [0, 0.05) is 26.3 Å². The fourth-order valence-electron chi connectivity index (χ4n) is 1.93. The van der Waals surface area contributed by atoms with Crippen molar-refractivity contribution in [3.05, 3.63) is 11.4 Å². The molecule has 0 spiro atoms. The maximum absolute atomic E-state index is 12.4. The molecule has 0 aliphatic carbocycles. The second-order valence-corrected chi connectivity index (χ2v) is 6.45. The highest BCUT2D eigenvalue weighted by Crippen LogP contribution is 2.17. The Labute approximate surface area is 126 Å². The van der Waals surface area contributed by atoms with Gasteiger partial charge in [0.15, 0.2) is 0 Å². The maximum Gasteiger partial charge on any atom is 0.244 e. The molecule has 8 heteroatoms. The number of aryl methyl sites for hydroxylation is 1. The molecule has 0 amide bonds. The molecule has 122 valence electrons. The first-order chi connectivity index (χ1) is 10.0. The van der Waals surface area contributed by atoms with Gasteiger partial charge in [0.05, 0.1) is 11.4 Å². The molecule has 0 atom stereocenters. The van der Waals surface area contributed by atoms with Gasteiger partial charge in [0.1, 0.15) is 4.90 Å². The Hall–Kier alpha value is -0.960. The van der Waals surface area contributed by atoms with Crippen molar-refractivity contribution < 1.29 is 13.2 Å². The van der Waals surface area contributed by atoms with Crippen molar-refractivity contribution in [3.63, 3.8) is 0 Å². The van der Waals surface area contributed by atoms with Crippen LogP contribution >= 0.6 is 0 Å². The van der Waals surface area contributed by atoms with E-state index in [0.717, 1.165) is 13.0 Å². The predicted octanol–water partition coefficient (Wildman–Crippen LogP) is 0.923. The van der Waals surface area contributed by atoms with Crippen molar-refractivity contribution in [1.82, 2.24) is 20.2 Å². The summed E-state index contributed by atoms with van der Waals surface area (Å²) in [6.45, 7) is 8.49. The zero-order chi connectivity index (χ0) is 15.7. The summed E-state index contributed by atoms with van der Waals surface area (Å²) in [5.74, 6) is 0.